The van der Waals surface area contributed by atoms with Crippen molar-refractivity contribution in [1.82, 2.24) is 9.78 Å². The van der Waals surface area contributed by atoms with Crippen LogP contribution < -0.4 is 5.32 Å². The number of benzene rings is 1. The van der Waals surface area contributed by atoms with E-state index in [1.165, 1.54) is 19.1 Å². The predicted octanol–water partition coefficient (Wildman–Crippen LogP) is 1.94. The van der Waals surface area contributed by atoms with Crippen LogP contribution in [0.2, 0.25) is 0 Å². The summed E-state index contributed by atoms with van der Waals surface area (Å²) in [5.74, 6) is -2.40. The number of ether oxygens (including phenoxy) is 1. The lowest BCUT2D eigenvalue weighted by Gasteiger charge is -2.15. The van der Waals surface area contributed by atoms with Gasteiger partial charge in [0.25, 0.3) is 5.91 Å². The third kappa shape index (κ3) is 3.57. The summed E-state index contributed by atoms with van der Waals surface area (Å²) < 4.78 is 6.72. The van der Waals surface area contributed by atoms with Gasteiger partial charge in [-0.25, -0.2) is 4.79 Å². The molecule has 3 N–H and O–H groups in total. The average Bonchev–Trinajstić information content (AvgIpc) is 2.78. The third-order valence-corrected chi connectivity index (χ3v) is 3.98. The van der Waals surface area contributed by atoms with Crippen molar-refractivity contribution >= 4 is 17.6 Å². The molecule has 1 amide bonds. The molecule has 1 aromatic heterocycles. The number of esters is 1. The van der Waals surface area contributed by atoms with Gasteiger partial charge in [0.2, 0.25) is 0 Å². The van der Waals surface area contributed by atoms with Gasteiger partial charge < -0.3 is 20.3 Å². The number of rotatable bonds is 4. The fraction of sp³-hybridized carbons (Fsp3) is 0.353. The molecule has 0 aliphatic carbocycles. The fourth-order valence-electron chi connectivity index (χ4n) is 2.30. The van der Waals surface area contributed by atoms with Crippen LogP contribution in [0.5, 0.6) is 11.5 Å². The van der Waals surface area contributed by atoms with E-state index in [2.05, 4.69) is 10.4 Å². The topological polar surface area (TPSA) is 114 Å². The normalized spacial score (nSPS) is 11.9. The first-order valence-electron chi connectivity index (χ1n) is 7.67. The molecule has 0 radical (unpaired) electrons. The molecule has 0 spiro atoms. The second kappa shape index (κ2) is 6.84. The minimum Gasteiger partial charge on any atom is -0.504 e. The summed E-state index contributed by atoms with van der Waals surface area (Å²) in [6.07, 6.45) is -1.10. The SMILES string of the molecule is Cc1ccc(C(=O)OC(C)C(=O)Nc2c(C)nn(C)c2C)c(O)c1O. The molecule has 8 heteroatoms. The second-order valence-electron chi connectivity index (χ2n) is 5.83. The van der Waals surface area contributed by atoms with Gasteiger partial charge in [-0.15, -0.1) is 0 Å². The molecular weight excluding hydrogens is 326 g/mol. The van der Waals surface area contributed by atoms with E-state index in [-0.39, 0.29) is 5.56 Å². The van der Waals surface area contributed by atoms with Crippen molar-refractivity contribution in [2.45, 2.75) is 33.8 Å². The Morgan fingerprint density at radius 3 is 2.40 bits per heavy atom. The molecular formula is C17H21N3O5. The zero-order chi connectivity index (χ0) is 18.9. The molecule has 0 bridgehead atoms. The van der Waals surface area contributed by atoms with E-state index in [0.29, 0.717) is 16.9 Å². The lowest BCUT2D eigenvalue weighted by molar-refractivity contribution is -0.123. The maximum absolute atomic E-state index is 12.3. The molecule has 0 aliphatic rings. The number of phenolic OH excluding ortho intramolecular Hbond substituents is 2. The average molecular weight is 347 g/mol. The molecule has 0 saturated carbocycles. The van der Waals surface area contributed by atoms with Crippen LogP contribution in [0.25, 0.3) is 0 Å². The van der Waals surface area contributed by atoms with Crippen molar-refractivity contribution in [3.05, 3.63) is 34.6 Å². The first-order chi connectivity index (χ1) is 11.6. The van der Waals surface area contributed by atoms with Gasteiger partial charge in [-0.2, -0.15) is 5.10 Å². The molecule has 25 heavy (non-hydrogen) atoms. The van der Waals surface area contributed by atoms with Gasteiger partial charge in [0, 0.05) is 7.05 Å². The Labute approximate surface area is 145 Å². The molecule has 134 valence electrons. The number of nitrogens with one attached hydrogen (secondary N) is 1. The monoisotopic (exact) mass is 347 g/mol. The molecule has 2 rings (SSSR count). The minimum absolute atomic E-state index is 0.212. The largest absolute Gasteiger partial charge is 0.504 e. The summed E-state index contributed by atoms with van der Waals surface area (Å²) in [6, 6.07) is 2.80. The Morgan fingerprint density at radius 2 is 1.84 bits per heavy atom. The van der Waals surface area contributed by atoms with E-state index in [9.17, 15) is 19.8 Å². The highest BCUT2D eigenvalue weighted by Gasteiger charge is 2.24. The molecule has 0 aliphatic heterocycles. The van der Waals surface area contributed by atoms with Gasteiger partial charge in [-0.3, -0.25) is 9.48 Å². The van der Waals surface area contributed by atoms with Crippen molar-refractivity contribution in [2.24, 2.45) is 7.05 Å². The summed E-state index contributed by atoms with van der Waals surface area (Å²) in [6.45, 7) is 6.56. The van der Waals surface area contributed by atoms with Crippen molar-refractivity contribution in [1.29, 1.82) is 0 Å². The first-order valence-corrected chi connectivity index (χ1v) is 7.67. The van der Waals surface area contributed by atoms with Crippen LogP contribution in [-0.2, 0) is 16.6 Å². The van der Waals surface area contributed by atoms with E-state index >= 15 is 0 Å². The minimum atomic E-state index is -1.10. The van der Waals surface area contributed by atoms with Crippen LogP contribution in [0.1, 0.15) is 34.2 Å². The smallest absolute Gasteiger partial charge is 0.342 e. The summed E-state index contributed by atoms with van der Waals surface area (Å²) in [5.41, 5.74) is 2.18. The standard InChI is InChI=1S/C17H21N3O5/c1-8-6-7-12(15(22)14(8)21)17(24)25-11(4)16(23)18-13-9(2)19-20(5)10(13)3/h6-7,11,21-22H,1-5H3,(H,18,23). The summed E-state index contributed by atoms with van der Waals surface area (Å²) in [4.78, 5) is 24.4. The number of aryl methyl sites for hydroxylation is 3. The zero-order valence-electron chi connectivity index (χ0n) is 14.7. The van der Waals surface area contributed by atoms with Crippen LogP contribution in [0.15, 0.2) is 12.1 Å². The quantitative estimate of drug-likeness (QED) is 0.575. The molecule has 0 fully saturated rings. The van der Waals surface area contributed by atoms with Gasteiger partial charge in [-0.05, 0) is 39.3 Å². The molecule has 2 aromatic rings. The summed E-state index contributed by atoms with van der Waals surface area (Å²) in [7, 11) is 1.76. The van der Waals surface area contributed by atoms with Gasteiger partial charge in [-0.1, -0.05) is 6.07 Å². The van der Waals surface area contributed by atoms with E-state index in [0.717, 1.165) is 5.69 Å². The number of carbonyl (C=O) groups excluding carboxylic acids is 2. The Bertz CT molecular complexity index is 841. The van der Waals surface area contributed by atoms with Crippen LogP contribution in [0, 0.1) is 20.8 Å². The Balaban J connectivity index is 2.11. The number of nitrogens with zero attached hydrogens (tertiary/aromatic N) is 2. The number of aromatic hydroxyl groups is 2. The fourth-order valence-corrected chi connectivity index (χ4v) is 2.30. The maximum Gasteiger partial charge on any atom is 0.342 e. The van der Waals surface area contributed by atoms with E-state index in [1.807, 2.05) is 0 Å². The van der Waals surface area contributed by atoms with Crippen molar-refractivity contribution in [3.8, 4) is 11.5 Å². The zero-order valence-corrected chi connectivity index (χ0v) is 14.7. The number of phenols is 2. The maximum atomic E-state index is 12.3. The van der Waals surface area contributed by atoms with Crippen molar-refractivity contribution in [3.63, 3.8) is 0 Å². The van der Waals surface area contributed by atoms with Crippen LogP contribution >= 0.6 is 0 Å². The predicted molar refractivity (Wildman–Crippen MR) is 90.7 cm³/mol. The Hall–Kier alpha value is -3.03. The number of amides is 1. The number of hydrogen-bond acceptors (Lipinski definition) is 6. The highest BCUT2D eigenvalue weighted by atomic mass is 16.5. The van der Waals surface area contributed by atoms with Gasteiger partial charge in [0.15, 0.2) is 17.6 Å². The summed E-state index contributed by atoms with van der Waals surface area (Å²) in [5, 5.41) is 26.4. The lowest BCUT2D eigenvalue weighted by atomic mass is 10.1. The van der Waals surface area contributed by atoms with Crippen LogP contribution in [0.3, 0.4) is 0 Å². The molecule has 1 atom stereocenters. The molecule has 1 aromatic carbocycles. The van der Waals surface area contributed by atoms with Crippen molar-refractivity contribution < 1.29 is 24.5 Å². The first kappa shape index (κ1) is 18.3. The highest BCUT2D eigenvalue weighted by Crippen LogP contribution is 2.32. The van der Waals surface area contributed by atoms with Crippen LogP contribution in [-0.4, -0.2) is 38.0 Å². The van der Waals surface area contributed by atoms with Crippen LogP contribution in [0.4, 0.5) is 5.69 Å². The van der Waals surface area contributed by atoms with E-state index in [4.69, 9.17) is 4.74 Å². The molecule has 8 nitrogen and oxygen atoms in total. The number of hydrogen-bond donors (Lipinski definition) is 3. The Morgan fingerprint density at radius 1 is 1.20 bits per heavy atom. The molecule has 1 unspecified atom stereocenters. The number of anilines is 1. The van der Waals surface area contributed by atoms with Gasteiger partial charge in [0.1, 0.15) is 5.56 Å². The number of aromatic nitrogens is 2. The van der Waals surface area contributed by atoms with Gasteiger partial charge in [0.05, 0.1) is 17.1 Å². The highest BCUT2D eigenvalue weighted by molar-refractivity contribution is 5.99. The molecule has 0 saturated heterocycles. The van der Waals surface area contributed by atoms with Gasteiger partial charge >= 0.3 is 5.97 Å². The second-order valence-corrected chi connectivity index (χ2v) is 5.83. The van der Waals surface area contributed by atoms with E-state index in [1.54, 1.807) is 32.5 Å². The molecule has 1 heterocycles. The summed E-state index contributed by atoms with van der Waals surface area (Å²) >= 11 is 0. The third-order valence-electron chi connectivity index (χ3n) is 3.98. The Kier molecular flexibility index (Phi) is 5.01. The number of carbonyl (C=O) groups is 2. The lowest BCUT2D eigenvalue weighted by Crippen LogP contribution is -2.30. The van der Waals surface area contributed by atoms with Crippen molar-refractivity contribution in [2.75, 3.05) is 5.32 Å². The van der Waals surface area contributed by atoms with E-state index < -0.39 is 29.5 Å².